The van der Waals surface area contributed by atoms with Gasteiger partial charge in [-0.1, -0.05) is 457 Å². The van der Waals surface area contributed by atoms with Crippen molar-refractivity contribution in [3.63, 3.8) is 0 Å². The number of unbranched alkanes of at least 4 members (excludes halogenated alkanes) is 42. The minimum atomic E-state index is -0.257. The average Bonchev–Trinajstić information content (AvgIpc) is 1.59. The molecule has 0 N–H and O–H groups in total. The second-order valence-electron chi connectivity index (χ2n) is 42.2. The van der Waals surface area contributed by atoms with E-state index in [1.54, 1.807) is 0 Å². The van der Waals surface area contributed by atoms with Crippen LogP contribution >= 0.6 is 0 Å². The van der Waals surface area contributed by atoms with E-state index in [1.165, 1.54) is 420 Å². The summed E-state index contributed by atoms with van der Waals surface area (Å²) < 4.78 is 0. The lowest BCUT2D eigenvalue weighted by Gasteiger charge is -2.38. The first kappa shape index (κ1) is 102. The molecule has 0 saturated heterocycles. The largest absolute Gasteiger partial charge is 0.293 e. The smallest absolute Gasteiger partial charge is 0.173 e. The van der Waals surface area contributed by atoms with Gasteiger partial charge in [-0.25, -0.2) is 0 Å². The summed E-state index contributed by atoms with van der Waals surface area (Å²) in [6.45, 7) is 35.8. The molecule has 0 atom stereocenters. The SMILES string of the molecule is CCC1(CC)C(=O)C2=C(CC(C)=C2)C2=C1C=C(C)C2.CCCCCCCCC1(CCCCCCCC)C(=O)C2=C(CC(C)=C2)C2=C1C=C(C)C2.CCCCCCCCCCC1(CCCCCCCCCC)C(=O)C2=C(CC(C)=C2)C2=C1C=C(C)C2.CCCCCCCCCCCCC1(CCCCCCCCCCCC)C(=O)C2=C(CC(C)=C2)C2=C1C=C(C)C2. The Morgan fingerprint density at radius 2 is 0.315 bits per heavy atom. The van der Waals surface area contributed by atoms with Gasteiger partial charge in [-0.3, -0.25) is 19.2 Å². The first-order valence-corrected chi connectivity index (χ1v) is 53.6. The van der Waals surface area contributed by atoms with E-state index in [0.717, 1.165) is 125 Å². The quantitative estimate of drug-likeness (QED) is 0.0569. The highest BCUT2D eigenvalue weighted by Gasteiger charge is 2.53. The van der Waals surface area contributed by atoms with E-state index in [-0.39, 0.29) is 21.7 Å². The van der Waals surface area contributed by atoms with Gasteiger partial charge in [0.1, 0.15) is 0 Å². The molecule has 0 aromatic rings. The molecule has 0 fully saturated rings. The fourth-order valence-corrected chi connectivity index (χ4v) is 24.4. The zero-order valence-corrected chi connectivity index (χ0v) is 83.5. The van der Waals surface area contributed by atoms with Crippen LogP contribution in [-0.4, -0.2) is 23.1 Å². The van der Waals surface area contributed by atoms with Gasteiger partial charge in [-0.15, -0.1) is 0 Å². The minimum absolute atomic E-state index is 0.247. The van der Waals surface area contributed by atoms with Crippen molar-refractivity contribution < 1.29 is 19.2 Å². The number of allylic oxidation sites excluding steroid dienone is 32. The van der Waals surface area contributed by atoms with Gasteiger partial charge in [0.2, 0.25) is 0 Å². The van der Waals surface area contributed by atoms with Crippen LogP contribution in [0.25, 0.3) is 0 Å². The summed E-state index contributed by atoms with van der Waals surface area (Å²) in [5.74, 6) is 1.78. The van der Waals surface area contributed by atoms with E-state index >= 15 is 0 Å². The van der Waals surface area contributed by atoms with Crippen molar-refractivity contribution in [2.75, 3.05) is 0 Å². The zero-order chi connectivity index (χ0) is 89.1. The van der Waals surface area contributed by atoms with Crippen molar-refractivity contribution in [2.45, 2.75) is 522 Å². The summed E-state index contributed by atoms with van der Waals surface area (Å²) in [7, 11) is 0. The van der Waals surface area contributed by atoms with Gasteiger partial charge >= 0.3 is 0 Å². The molecule has 4 nitrogen and oxygen atoms in total. The van der Waals surface area contributed by atoms with Gasteiger partial charge in [-0.2, -0.15) is 0 Å². The first-order chi connectivity index (χ1) is 60.1. The number of ketones is 4. The Morgan fingerprint density at radius 1 is 0.177 bits per heavy atom. The number of carbonyl (C=O) groups excluding carboxylic acids is 4. The van der Waals surface area contributed by atoms with Crippen LogP contribution in [0.3, 0.4) is 0 Å². The molecule has 124 heavy (non-hydrogen) atoms. The maximum Gasteiger partial charge on any atom is 0.173 e. The van der Waals surface area contributed by atoms with E-state index in [1.807, 2.05) is 0 Å². The predicted molar refractivity (Wildman–Crippen MR) is 537 cm³/mol. The van der Waals surface area contributed by atoms with Crippen molar-refractivity contribution in [1.29, 1.82) is 0 Å². The van der Waals surface area contributed by atoms with E-state index in [2.05, 4.69) is 159 Å². The van der Waals surface area contributed by atoms with Crippen LogP contribution < -0.4 is 0 Å². The number of rotatable bonds is 56. The van der Waals surface area contributed by atoms with Gasteiger partial charge < -0.3 is 0 Å². The third-order valence-electron chi connectivity index (χ3n) is 31.6. The second-order valence-corrected chi connectivity index (χ2v) is 42.2. The van der Waals surface area contributed by atoms with E-state index in [4.69, 9.17) is 0 Å². The minimum Gasteiger partial charge on any atom is -0.293 e. The van der Waals surface area contributed by atoms with Crippen molar-refractivity contribution in [3.05, 3.63) is 182 Å². The molecule has 0 amide bonds. The fourth-order valence-electron chi connectivity index (χ4n) is 24.4. The normalized spacial score (nSPS) is 19.7. The molecular formula is C120H184O4. The standard InChI is InChI=1S/C38H62O.C34H54O.C30H46O.C18H22O/c1-5-7-9-11-13-15-17-19-21-23-25-38(26-24-22-20-18-16-14-12-10-8-6-2)36-30-32(4)28-34(36)33-27-31(3)29-35(33)37(38)39;1-5-7-9-11-13-15-17-19-21-34(22-20-18-16-14-12-10-8-6-2)32-26-28(4)24-30(32)29-23-27(3)25-31(29)33(34)35;1-5-7-9-11-13-15-17-30(18-16-14-12-10-8-6-2)28-22-24(4)20-26(28)25-19-23(3)21-27(25)29(30)31;1-5-18(6-2)16-10-12(4)8-14(16)13-7-11(3)9-15(13)17(18)19/h29-30H,5-28H2,1-4H3;25-26H,5-24H2,1-4H3;21-22H,5-20H2,1-4H3;9-10H,5-8H2,1-4H3. The summed E-state index contributed by atoms with van der Waals surface area (Å²) in [6.07, 6.45) is 98.8. The molecule has 0 heterocycles. The molecule has 12 aliphatic rings. The predicted octanol–water partition coefficient (Wildman–Crippen LogP) is 37.4. The third-order valence-corrected chi connectivity index (χ3v) is 31.6. The number of fused-ring (bicyclic) bond motifs is 4. The van der Waals surface area contributed by atoms with Crippen LogP contribution in [0.2, 0.25) is 0 Å². The lowest BCUT2D eigenvalue weighted by molar-refractivity contribution is -0.124. The Kier molecular flexibility index (Phi) is 43.2. The zero-order valence-electron chi connectivity index (χ0n) is 83.5. The summed E-state index contributed by atoms with van der Waals surface area (Å²) in [6, 6.07) is 0. The Bertz CT molecular complexity index is 4070. The fraction of sp³-hybridized carbons (Fsp3) is 0.700. The lowest BCUT2D eigenvalue weighted by Crippen LogP contribution is -2.37. The summed E-state index contributed by atoms with van der Waals surface area (Å²) >= 11 is 0. The molecule has 0 unspecified atom stereocenters. The maximum absolute atomic E-state index is 14.3. The molecule has 0 radical (unpaired) electrons. The second kappa shape index (κ2) is 52.4. The molecular weight excluding hydrogens is 1510 g/mol. The van der Waals surface area contributed by atoms with Crippen LogP contribution in [0, 0.1) is 21.7 Å². The Balaban J connectivity index is 0.000000192. The molecule has 0 aliphatic heterocycles. The van der Waals surface area contributed by atoms with Crippen molar-refractivity contribution in [3.8, 4) is 0 Å². The van der Waals surface area contributed by atoms with Crippen LogP contribution in [0.5, 0.6) is 0 Å². The number of carbonyl (C=O) groups is 4. The van der Waals surface area contributed by atoms with Crippen LogP contribution in [0.1, 0.15) is 522 Å². The molecule has 0 aromatic carbocycles. The highest BCUT2D eigenvalue weighted by molar-refractivity contribution is 6.11. The van der Waals surface area contributed by atoms with Crippen molar-refractivity contribution >= 4 is 23.1 Å². The molecule has 4 heteroatoms. The number of hydrogen-bond acceptors (Lipinski definition) is 4. The third kappa shape index (κ3) is 26.4. The first-order valence-electron chi connectivity index (χ1n) is 53.6. The highest BCUT2D eigenvalue weighted by atomic mass is 16.1. The maximum atomic E-state index is 14.3. The number of Topliss-reactive ketones (excluding diaryl/α,β-unsaturated/α-hetero) is 4. The summed E-state index contributed by atoms with van der Waals surface area (Å²) in [4.78, 5) is 55.7. The van der Waals surface area contributed by atoms with Crippen molar-refractivity contribution in [2.24, 2.45) is 21.7 Å². The summed E-state index contributed by atoms with van der Waals surface area (Å²) in [5, 5.41) is 0. The van der Waals surface area contributed by atoms with E-state index < -0.39 is 0 Å². The average molecular weight is 1690 g/mol. The molecule has 12 aliphatic carbocycles. The van der Waals surface area contributed by atoms with Crippen LogP contribution in [0.15, 0.2) is 182 Å². The van der Waals surface area contributed by atoms with Crippen molar-refractivity contribution in [1.82, 2.24) is 0 Å². The molecule has 0 saturated carbocycles. The van der Waals surface area contributed by atoms with Gasteiger partial charge in [-0.05, 0) is 225 Å². The lowest BCUT2D eigenvalue weighted by atomic mass is 9.63. The van der Waals surface area contributed by atoms with Crippen LogP contribution in [-0.2, 0) is 19.2 Å². The monoisotopic (exact) mass is 1690 g/mol. The molecule has 12 rings (SSSR count). The van der Waals surface area contributed by atoms with Gasteiger partial charge in [0.15, 0.2) is 23.1 Å². The Labute approximate surface area is 763 Å². The van der Waals surface area contributed by atoms with Crippen LogP contribution in [0.4, 0.5) is 0 Å². The van der Waals surface area contributed by atoms with Gasteiger partial charge in [0.25, 0.3) is 0 Å². The summed E-state index contributed by atoms with van der Waals surface area (Å²) in [5.41, 5.74) is 31.6. The topological polar surface area (TPSA) is 68.3 Å². The Morgan fingerprint density at radius 3 is 0.484 bits per heavy atom. The molecule has 0 aromatic heterocycles. The van der Waals surface area contributed by atoms with Gasteiger partial charge in [0.05, 0.1) is 21.7 Å². The van der Waals surface area contributed by atoms with E-state index in [0.29, 0.717) is 23.1 Å². The van der Waals surface area contributed by atoms with E-state index in [9.17, 15) is 19.2 Å². The molecule has 688 valence electrons. The Hall–Kier alpha value is -5.48. The molecule has 0 bridgehead atoms. The molecule has 0 spiro atoms. The highest BCUT2D eigenvalue weighted by Crippen LogP contribution is 2.60. The van der Waals surface area contributed by atoms with Gasteiger partial charge in [0, 0.05) is 22.3 Å². The number of hydrogen-bond donors (Lipinski definition) is 0.